The lowest BCUT2D eigenvalue weighted by molar-refractivity contribution is -0.258. The second-order valence-corrected chi connectivity index (χ2v) is 16.6. The molecule has 3 N–H and O–H groups in total. The van der Waals surface area contributed by atoms with Gasteiger partial charge in [-0.15, -0.1) is 6.58 Å². The minimum atomic E-state index is -1.41. The normalized spacial score (nSPS) is 25.1. The van der Waals surface area contributed by atoms with E-state index >= 15 is 0 Å². The van der Waals surface area contributed by atoms with E-state index in [0.717, 1.165) is 60.8 Å². The lowest BCUT2D eigenvalue weighted by Crippen LogP contribution is -2.70. The highest BCUT2D eigenvalue weighted by Crippen LogP contribution is 2.62. The Hall–Kier alpha value is -5.37. The Morgan fingerprint density at radius 2 is 1.72 bits per heavy atom. The molecule has 0 unspecified atom stereocenters. The van der Waals surface area contributed by atoms with Crippen molar-refractivity contribution in [3.63, 3.8) is 0 Å². The number of aliphatic hydroxyl groups excluding tert-OH is 2. The lowest BCUT2D eigenvalue weighted by Gasteiger charge is -2.60. The summed E-state index contributed by atoms with van der Waals surface area (Å²) in [7, 11) is 1.54. The van der Waals surface area contributed by atoms with Crippen molar-refractivity contribution in [3.8, 4) is 23.0 Å². The maximum atomic E-state index is 14.8. The van der Waals surface area contributed by atoms with Gasteiger partial charge < -0.3 is 49.0 Å². The molecule has 2 amide bonds. The van der Waals surface area contributed by atoms with E-state index in [9.17, 15) is 19.8 Å². The quantitative estimate of drug-likeness (QED) is 0.0632. The van der Waals surface area contributed by atoms with Gasteiger partial charge in [0.1, 0.15) is 24.7 Å². The van der Waals surface area contributed by atoms with E-state index in [4.69, 9.17) is 33.7 Å². The van der Waals surface area contributed by atoms with Crippen LogP contribution in [0.1, 0.15) is 80.4 Å². The predicted molar refractivity (Wildman–Crippen MR) is 227 cm³/mol. The van der Waals surface area contributed by atoms with Crippen molar-refractivity contribution in [2.45, 2.75) is 88.6 Å². The first-order chi connectivity index (χ1) is 29.9. The van der Waals surface area contributed by atoms with Crippen molar-refractivity contribution >= 4 is 17.7 Å². The maximum absolute atomic E-state index is 14.8. The molecule has 2 fully saturated rings. The van der Waals surface area contributed by atoms with Crippen LogP contribution in [0, 0.1) is 23.7 Å². The van der Waals surface area contributed by atoms with Crippen LogP contribution in [0.5, 0.6) is 23.0 Å². The molecule has 324 valence electrons. The summed E-state index contributed by atoms with van der Waals surface area (Å²) >= 11 is 0. The van der Waals surface area contributed by atoms with E-state index in [-0.39, 0.29) is 62.7 Å². The van der Waals surface area contributed by atoms with Crippen LogP contribution in [0.2, 0.25) is 0 Å². The molecule has 0 aromatic heterocycles. The van der Waals surface area contributed by atoms with Crippen LogP contribution in [0.25, 0.3) is 0 Å². The van der Waals surface area contributed by atoms with Gasteiger partial charge in [-0.2, -0.15) is 0 Å². The zero-order valence-electron chi connectivity index (χ0n) is 34.8. The molecule has 0 saturated heterocycles. The molecule has 0 bridgehead atoms. The second kappa shape index (κ2) is 19.1. The van der Waals surface area contributed by atoms with E-state index in [1.54, 1.807) is 12.1 Å². The summed E-state index contributed by atoms with van der Waals surface area (Å²) in [5.41, 5.74) is 4.32. The minimum Gasteiger partial charge on any atom is -0.459 e. The van der Waals surface area contributed by atoms with E-state index in [1.165, 1.54) is 7.11 Å². The predicted octanol–water partition coefficient (Wildman–Crippen LogP) is 7.41. The summed E-state index contributed by atoms with van der Waals surface area (Å²) < 4.78 is 31.8. The standard InChI is InChI=1S/C48H57N3O10/c1-3-23-59-48-43(51(46(54)33-16-17-33)29-32-15-19-41-42(24-32)58-30-57-41)27-39(50-56-2)37-25-34(13-7-9-21-52)36(14-8-10-22-53)44(45(37)48)38-26-35(18-20-40(38)61-48)60-47(55)49-28-31-11-5-4-6-12-31/h3-6,11-12,15,18-20,24-26,33-34,36,43-45,52-53H,1,7-10,13-14,16-17,21-23,27-30H2,2H3,(H,49,55)/t34-,36+,43-,44+,45+,48+/m0/s1. The van der Waals surface area contributed by atoms with Crippen LogP contribution in [-0.2, 0) is 27.5 Å². The summed E-state index contributed by atoms with van der Waals surface area (Å²) in [6.45, 7) is 5.06. The number of ether oxygens (including phenoxy) is 5. The third-order valence-electron chi connectivity index (χ3n) is 12.7. The van der Waals surface area contributed by atoms with Crippen molar-refractivity contribution in [1.82, 2.24) is 10.2 Å². The number of hydrogen-bond acceptors (Lipinski definition) is 11. The van der Waals surface area contributed by atoms with Gasteiger partial charge >= 0.3 is 6.09 Å². The highest BCUT2D eigenvalue weighted by Gasteiger charge is 2.66. The smallest absolute Gasteiger partial charge is 0.412 e. The van der Waals surface area contributed by atoms with Gasteiger partial charge in [-0.3, -0.25) is 4.79 Å². The van der Waals surface area contributed by atoms with Crippen LogP contribution < -0.4 is 24.3 Å². The van der Waals surface area contributed by atoms with Gasteiger partial charge in [-0.1, -0.05) is 66.5 Å². The Labute approximate surface area is 357 Å². The minimum absolute atomic E-state index is 0.0134. The molecule has 13 heteroatoms. The van der Waals surface area contributed by atoms with E-state index < -0.39 is 23.8 Å². The number of nitrogens with one attached hydrogen (secondary N) is 1. The molecule has 3 aromatic carbocycles. The molecular formula is C48H57N3O10. The SMILES string of the molecule is C=CCO[C@@]12Oc3ccc(OC(=O)NCc4ccccc4)cc3[C@H]3[C@H](CCCCO)[C@@H](CCCCO)C=C(C(=NOC)C[C@@H]1N(Cc1ccc4c(c1)OCO4)C(=O)C1CC1)[C@H]32. The second-order valence-electron chi connectivity index (χ2n) is 16.6. The Morgan fingerprint density at radius 3 is 2.48 bits per heavy atom. The fraction of sp³-hybridized carbons (Fsp3) is 0.479. The Bertz CT molecular complexity index is 2100. The number of oxime groups is 1. The molecule has 0 radical (unpaired) electrons. The first kappa shape index (κ1) is 42.3. The van der Waals surface area contributed by atoms with Gasteiger partial charge in [-0.05, 0) is 97.4 Å². The Morgan fingerprint density at radius 1 is 0.951 bits per heavy atom. The Balaban J connectivity index is 1.26. The molecule has 2 heterocycles. The van der Waals surface area contributed by atoms with Crippen LogP contribution in [0.15, 0.2) is 96.2 Å². The Kier molecular flexibility index (Phi) is 13.3. The van der Waals surface area contributed by atoms with Crippen LogP contribution in [0.4, 0.5) is 4.79 Å². The molecule has 8 rings (SSSR count). The average molecular weight is 836 g/mol. The molecule has 0 spiro atoms. The molecule has 61 heavy (non-hydrogen) atoms. The summed E-state index contributed by atoms with van der Waals surface area (Å²) in [6.07, 6.45) is 9.79. The van der Waals surface area contributed by atoms with Crippen molar-refractivity contribution in [2.24, 2.45) is 28.8 Å². The molecular weight excluding hydrogens is 779 g/mol. The fourth-order valence-electron chi connectivity index (χ4n) is 9.88. The lowest BCUT2D eigenvalue weighted by atomic mass is 9.55. The first-order valence-corrected chi connectivity index (χ1v) is 21.7. The molecule has 2 saturated carbocycles. The molecule has 2 aliphatic heterocycles. The van der Waals surface area contributed by atoms with Gasteiger partial charge in [0.25, 0.3) is 0 Å². The van der Waals surface area contributed by atoms with Crippen LogP contribution in [0.3, 0.4) is 0 Å². The number of unbranched alkanes of at least 4 members (excludes halogenated alkanes) is 2. The topological polar surface area (TPSA) is 158 Å². The third-order valence-corrected chi connectivity index (χ3v) is 12.7. The summed E-state index contributed by atoms with van der Waals surface area (Å²) in [5.74, 6) is 0.0105. The molecule has 3 aromatic rings. The average Bonchev–Trinajstić information content (AvgIpc) is 4.03. The highest BCUT2D eigenvalue weighted by molar-refractivity contribution is 6.03. The van der Waals surface area contributed by atoms with E-state index in [1.807, 2.05) is 65.6 Å². The largest absolute Gasteiger partial charge is 0.459 e. The van der Waals surface area contributed by atoms with E-state index in [0.29, 0.717) is 54.5 Å². The summed E-state index contributed by atoms with van der Waals surface area (Å²) in [4.78, 5) is 35.5. The number of carbonyl (C=O) groups excluding carboxylic acids is 2. The first-order valence-electron chi connectivity index (χ1n) is 21.7. The van der Waals surface area contributed by atoms with Crippen molar-refractivity contribution in [3.05, 3.63) is 108 Å². The zero-order chi connectivity index (χ0) is 42.3. The number of aliphatic hydroxyl groups is 2. The van der Waals surface area contributed by atoms with E-state index in [2.05, 4.69) is 18.0 Å². The fourth-order valence-corrected chi connectivity index (χ4v) is 9.88. The number of hydrogen-bond donors (Lipinski definition) is 3. The van der Waals surface area contributed by atoms with Gasteiger partial charge in [0.2, 0.25) is 18.5 Å². The van der Waals surface area contributed by atoms with Crippen molar-refractivity contribution in [1.29, 1.82) is 0 Å². The van der Waals surface area contributed by atoms with Crippen LogP contribution >= 0.6 is 0 Å². The van der Waals surface area contributed by atoms with Gasteiger partial charge in [0, 0.05) is 50.1 Å². The number of fused-ring (bicyclic) bond motifs is 3. The molecule has 6 atom stereocenters. The molecule has 13 nitrogen and oxygen atoms in total. The number of nitrogens with zero attached hydrogens (tertiary/aromatic N) is 2. The number of benzene rings is 3. The summed E-state index contributed by atoms with van der Waals surface area (Å²) in [6, 6.07) is 20.2. The number of carbonyl (C=O) groups is 2. The monoisotopic (exact) mass is 835 g/mol. The van der Waals surface area contributed by atoms with Crippen LogP contribution in [-0.4, -0.2) is 78.4 Å². The third kappa shape index (κ3) is 9.01. The number of amides is 2. The van der Waals surface area contributed by atoms with Gasteiger partial charge in [-0.25, -0.2) is 4.79 Å². The zero-order valence-corrected chi connectivity index (χ0v) is 34.8. The highest BCUT2D eigenvalue weighted by atomic mass is 16.7. The summed E-state index contributed by atoms with van der Waals surface area (Å²) in [5, 5.41) is 27.4. The molecule has 5 aliphatic rings. The maximum Gasteiger partial charge on any atom is 0.412 e. The van der Waals surface area contributed by atoms with Gasteiger partial charge in [0.05, 0.1) is 18.2 Å². The molecule has 3 aliphatic carbocycles. The van der Waals surface area contributed by atoms with Crippen molar-refractivity contribution in [2.75, 3.05) is 33.7 Å². The number of rotatable bonds is 19. The van der Waals surface area contributed by atoms with Gasteiger partial charge in [0.15, 0.2) is 11.5 Å². The number of allylic oxidation sites excluding steroid dienone is 1. The van der Waals surface area contributed by atoms with Crippen molar-refractivity contribution < 1.29 is 48.3 Å².